The van der Waals surface area contributed by atoms with Gasteiger partial charge in [-0.05, 0) is 17.4 Å². The lowest BCUT2D eigenvalue weighted by molar-refractivity contribution is 0.140. The van der Waals surface area contributed by atoms with Gasteiger partial charge >= 0.3 is 7.12 Å². The van der Waals surface area contributed by atoms with E-state index in [2.05, 4.69) is 4.90 Å². The molecule has 0 aromatic heterocycles. The molecular formula is C12H18BNO3. The lowest BCUT2D eigenvalue weighted by Crippen LogP contribution is -2.36. The summed E-state index contributed by atoms with van der Waals surface area (Å²) in [7, 11) is -1.39. The highest BCUT2D eigenvalue weighted by Gasteiger charge is 2.17. The molecule has 0 unspecified atom stereocenters. The molecule has 1 aliphatic rings. The second-order valence-electron chi connectivity index (χ2n) is 4.31. The summed E-state index contributed by atoms with van der Waals surface area (Å²) in [4.78, 5) is 2.29. The Hall–Kier alpha value is -0.875. The Labute approximate surface area is 102 Å². The first-order valence-electron chi connectivity index (χ1n) is 6.01. The molecule has 1 saturated heterocycles. The van der Waals surface area contributed by atoms with Gasteiger partial charge in [-0.2, -0.15) is 0 Å². The molecule has 2 rings (SSSR count). The van der Waals surface area contributed by atoms with Crippen LogP contribution in [0.15, 0.2) is 24.3 Å². The maximum Gasteiger partial charge on any atom is 0.488 e. The zero-order chi connectivity index (χ0) is 12.1. The molecule has 0 amide bonds. The van der Waals surface area contributed by atoms with E-state index in [9.17, 15) is 10.0 Å². The van der Waals surface area contributed by atoms with Gasteiger partial charge in [0.05, 0.1) is 6.61 Å². The molecule has 0 saturated carbocycles. The highest BCUT2D eigenvalue weighted by Crippen LogP contribution is 2.06. The van der Waals surface area contributed by atoms with Crippen LogP contribution in [0.25, 0.3) is 0 Å². The summed E-state index contributed by atoms with van der Waals surface area (Å²) in [6.07, 6.45) is 1.03. The molecule has 92 valence electrons. The Morgan fingerprint density at radius 1 is 1.18 bits per heavy atom. The summed E-state index contributed by atoms with van der Waals surface area (Å²) in [6.45, 7) is 4.22. The van der Waals surface area contributed by atoms with Crippen LogP contribution in [0.3, 0.4) is 0 Å². The third kappa shape index (κ3) is 3.54. The van der Waals surface area contributed by atoms with E-state index < -0.39 is 7.12 Å². The Morgan fingerprint density at radius 2 is 2.00 bits per heavy atom. The van der Waals surface area contributed by atoms with E-state index in [1.54, 1.807) is 6.07 Å². The van der Waals surface area contributed by atoms with E-state index in [4.69, 9.17) is 4.74 Å². The monoisotopic (exact) mass is 235 g/mol. The van der Waals surface area contributed by atoms with E-state index in [0.29, 0.717) is 5.46 Å². The van der Waals surface area contributed by atoms with Gasteiger partial charge in [0.15, 0.2) is 0 Å². The highest BCUT2D eigenvalue weighted by atomic mass is 16.5. The second kappa shape index (κ2) is 6.16. The number of ether oxygens (including phenoxy) is 1. The smallest absolute Gasteiger partial charge is 0.423 e. The first-order chi connectivity index (χ1) is 8.27. The summed E-state index contributed by atoms with van der Waals surface area (Å²) >= 11 is 0. The van der Waals surface area contributed by atoms with Gasteiger partial charge < -0.3 is 14.8 Å². The first kappa shape index (κ1) is 12.6. The SMILES string of the molecule is OB(O)c1ccccc1CN1CCCOCC1. The summed E-state index contributed by atoms with van der Waals surface area (Å²) in [6, 6.07) is 7.45. The van der Waals surface area contributed by atoms with Crippen LogP contribution in [-0.2, 0) is 11.3 Å². The minimum absolute atomic E-state index is 0.595. The van der Waals surface area contributed by atoms with Crippen molar-refractivity contribution >= 4 is 12.6 Å². The third-order valence-corrected chi connectivity index (χ3v) is 3.04. The molecule has 1 aromatic rings. The molecule has 2 N–H and O–H groups in total. The van der Waals surface area contributed by atoms with Crippen molar-refractivity contribution in [3.63, 3.8) is 0 Å². The zero-order valence-electron chi connectivity index (χ0n) is 9.88. The van der Waals surface area contributed by atoms with Crippen molar-refractivity contribution in [1.29, 1.82) is 0 Å². The summed E-state index contributed by atoms with van der Waals surface area (Å²) in [5, 5.41) is 18.6. The topological polar surface area (TPSA) is 52.9 Å². The van der Waals surface area contributed by atoms with Crippen LogP contribution in [0.2, 0.25) is 0 Å². The molecule has 4 nitrogen and oxygen atoms in total. The minimum Gasteiger partial charge on any atom is -0.423 e. The fourth-order valence-electron chi connectivity index (χ4n) is 2.13. The quantitative estimate of drug-likeness (QED) is 0.699. The average molecular weight is 235 g/mol. The molecule has 1 fully saturated rings. The van der Waals surface area contributed by atoms with Crippen molar-refractivity contribution < 1.29 is 14.8 Å². The molecule has 1 heterocycles. The van der Waals surface area contributed by atoms with Gasteiger partial charge in [0.25, 0.3) is 0 Å². The van der Waals surface area contributed by atoms with Crippen LogP contribution in [0.4, 0.5) is 0 Å². The number of hydrogen-bond donors (Lipinski definition) is 2. The third-order valence-electron chi connectivity index (χ3n) is 3.04. The van der Waals surface area contributed by atoms with Crippen molar-refractivity contribution in [1.82, 2.24) is 4.90 Å². The fraction of sp³-hybridized carbons (Fsp3) is 0.500. The van der Waals surface area contributed by atoms with Gasteiger partial charge in [-0.1, -0.05) is 24.3 Å². The largest absolute Gasteiger partial charge is 0.488 e. The number of rotatable bonds is 3. The molecule has 1 aromatic carbocycles. The summed E-state index contributed by atoms with van der Waals surface area (Å²) < 4.78 is 5.40. The lowest BCUT2D eigenvalue weighted by Gasteiger charge is -2.20. The Bertz CT molecular complexity index is 351. The lowest BCUT2D eigenvalue weighted by atomic mass is 9.77. The van der Waals surface area contributed by atoms with E-state index in [1.165, 1.54) is 0 Å². The maximum atomic E-state index is 9.30. The summed E-state index contributed by atoms with van der Waals surface area (Å²) in [5.74, 6) is 0. The molecule has 0 spiro atoms. The van der Waals surface area contributed by atoms with Crippen molar-refractivity contribution in [3.8, 4) is 0 Å². The van der Waals surface area contributed by atoms with Gasteiger partial charge in [-0.3, -0.25) is 4.90 Å². The normalized spacial score (nSPS) is 17.8. The van der Waals surface area contributed by atoms with Gasteiger partial charge in [-0.15, -0.1) is 0 Å². The Morgan fingerprint density at radius 3 is 2.82 bits per heavy atom. The summed E-state index contributed by atoms with van der Waals surface area (Å²) in [5.41, 5.74) is 1.57. The van der Waals surface area contributed by atoms with E-state index in [-0.39, 0.29) is 0 Å². The van der Waals surface area contributed by atoms with E-state index >= 15 is 0 Å². The molecule has 0 radical (unpaired) electrons. The zero-order valence-corrected chi connectivity index (χ0v) is 9.88. The van der Waals surface area contributed by atoms with Crippen molar-refractivity contribution in [3.05, 3.63) is 29.8 Å². The minimum atomic E-state index is -1.39. The Balaban J connectivity index is 2.06. The fourth-order valence-corrected chi connectivity index (χ4v) is 2.13. The van der Waals surface area contributed by atoms with Crippen LogP contribution in [-0.4, -0.2) is 48.4 Å². The molecular weight excluding hydrogens is 217 g/mol. The standard InChI is InChI=1S/C12H18BNO3/c15-13(16)12-5-2-1-4-11(12)10-14-6-3-8-17-9-7-14/h1-2,4-5,15-16H,3,6-10H2. The van der Waals surface area contributed by atoms with Crippen LogP contribution < -0.4 is 5.46 Å². The van der Waals surface area contributed by atoms with Crippen molar-refractivity contribution in [2.24, 2.45) is 0 Å². The van der Waals surface area contributed by atoms with Crippen molar-refractivity contribution in [2.45, 2.75) is 13.0 Å². The molecule has 0 aliphatic carbocycles. The molecule has 17 heavy (non-hydrogen) atoms. The van der Waals surface area contributed by atoms with Crippen LogP contribution in [0.1, 0.15) is 12.0 Å². The van der Waals surface area contributed by atoms with Crippen molar-refractivity contribution in [2.75, 3.05) is 26.3 Å². The van der Waals surface area contributed by atoms with E-state index in [0.717, 1.165) is 44.8 Å². The van der Waals surface area contributed by atoms with Gasteiger partial charge in [0, 0.05) is 26.2 Å². The van der Waals surface area contributed by atoms with Crippen LogP contribution >= 0.6 is 0 Å². The predicted molar refractivity (Wildman–Crippen MR) is 67.0 cm³/mol. The second-order valence-corrected chi connectivity index (χ2v) is 4.31. The number of hydrogen-bond acceptors (Lipinski definition) is 4. The van der Waals surface area contributed by atoms with Crippen LogP contribution in [0, 0.1) is 0 Å². The molecule has 0 atom stereocenters. The molecule has 5 heteroatoms. The Kier molecular flexibility index (Phi) is 4.56. The highest BCUT2D eigenvalue weighted by molar-refractivity contribution is 6.59. The predicted octanol–water partition coefficient (Wildman–Crippen LogP) is -0.411. The molecule has 0 bridgehead atoms. The number of nitrogens with zero attached hydrogens (tertiary/aromatic N) is 1. The molecule has 1 aliphatic heterocycles. The van der Waals surface area contributed by atoms with E-state index in [1.807, 2.05) is 18.2 Å². The number of benzene rings is 1. The maximum absolute atomic E-state index is 9.30. The van der Waals surface area contributed by atoms with Gasteiger partial charge in [0.1, 0.15) is 0 Å². The first-order valence-corrected chi connectivity index (χ1v) is 6.01. The average Bonchev–Trinajstić information content (AvgIpc) is 2.58. The van der Waals surface area contributed by atoms with Gasteiger partial charge in [0.2, 0.25) is 0 Å². The van der Waals surface area contributed by atoms with Gasteiger partial charge in [-0.25, -0.2) is 0 Å². The van der Waals surface area contributed by atoms with Crippen LogP contribution in [0.5, 0.6) is 0 Å².